The highest BCUT2D eigenvalue weighted by Gasteiger charge is 2.47. The molecule has 3 heterocycles. The molecule has 0 unspecified atom stereocenters. The van der Waals surface area contributed by atoms with Crippen LogP contribution in [0.5, 0.6) is 0 Å². The first-order valence-corrected chi connectivity index (χ1v) is 27.8. The van der Waals surface area contributed by atoms with Crippen molar-refractivity contribution in [3.05, 3.63) is 307 Å². The maximum atomic E-state index is 5.64. The van der Waals surface area contributed by atoms with Gasteiger partial charge in [-0.25, -0.2) is 4.98 Å². The van der Waals surface area contributed by atoms with E-state index in [4.69, 9.17) is 15.0 Å². The minimum absolute atomic E-state index is 0.550. The first-order chi connectivity index (χ1) is 40.2. The third-order valence-corrected chi connectivity index (χ3v) is 17.2. The quantitative estimate of drug-likeness (QED) is 0.149. The Hall–Kier alpha value is -10.8. The van der Waals surface area contributed by atoms with E-state index in [9.17, 15) is 0 Å². The number of fused-ring (bicyclic) bond motifs is 15. The zero-order chi connectivity index (χ0) is 53.2. The van der Waals surface area contributed by atoms with Gasteiger partial charge in [-0.3, -0.25) is 4.57 Å². The van der Waals surface area contributed by atoms with E-state index in [1.54, 1.807) is 0 Å². The van der Waals surface area contributed by atoms with Crippen LogP contribution in [0.15, 0.2) is 285 Å². The van der Waals surface area contributed by atoms with Crippen LogP contribution in [0.3, 0.4) is 0 Å². The molecule has 376 valence electrons. The molecule has 0 amide bonds. The van der Waals surface area contributed by atoms with Crippen molar-refractivity contribution >= 4 is 75.9 Å². The van der Waals surface area contributed by atoms with E-state index in [1.807, 2.05) is 6.07 Å². The number of hydrogen-bond acceptors (Lipinski definition) is 3. The van der Waals surface area contributed by atoms with Gasteiger partial charge in [-0.1, -0.05) is 243 Å². The molecule has 0 N–H and O–H groups in total. The van der Waals surface area contributed by atoms with Gasteiger partial charge < -0.3 is 4.57 Å². The van der Waals surface area contributed by atoms with Crippen molar-refractivity contribution in [3.63, 3.8) is 0 Å². The van der Waals surface area contributed by atoms with E-state index in [1.165, 1.54) is 82.0 Å². The van der Waals surface area contributed by atoms with Gasteiger partial charge in [-0.05, 0) is 119 Å². The minimum atomic E-state index is -0.582. The lowest BCUT2D eigenvalue weighted by atomic mass is 9.67. The maximum absolute atomic E-state index is 5.64. The second-order valence-corrected chi connectivity index (χ2v) is 21.4. The molecule has 13 aromatic carbocycles. The largest absolute Gasteiger partial charge is 0.309 e. The van der Waals surface area contributed by atoms with Gasteiger partial charge in [0.1, 0.15) is 0 Å². The summed E-state index contributed by atoms with van der Waals surface area (Å²) in [5.74, 6) is 1.76. The molecular weight excluding hydrogens is 983 g/mol. The topological polar surface area (TPSA) is 48.5 Å². The van der Waals surface area contributed by atoms with Crippen molar-refractivity contribution in [2.45, 2.75) is 5.41 Å². The van der Waals surface area contributed by atoms with Crippen molar-refractivity contribution in [1.29, 1.82) is 0 Å². The fraction of sp³-hybridized carbons (Fsp3) is 0.0132. The molecule has 0 spiro atoms. The van der Waals surface area contributed by atoms with Crippen LogP contribution < -0.4 is 0 Å². The average Bonchev–Trinajstić information content (AvgIpc) is 3.57. The maximum Gasteiger partial charge on any atom is 0.238 e. The molecule has 0 fully saturated rings. The first-order valence-electron chi connectivity index (χ1n) is 27.8. The van der Waals surface area contributed by atoms with Crippen molar-refractivity contribution in [2.24, 2.45) is 0 Å². The molecule has 17 rings (SSSR count). The standard InChI is InChI=1S/C76H47N5/c1-4-21-49(22-5-1)73-77-74(62-34-20-36-67-72(62)61-33-14-17-35-66(61)76(67,51-23-6-2-7-24-51)52-25-8-3-9-26-52)79-75(78-73)81-69-38-19-16-32-60(69)65-46-64-59-31-15-18-37-68(59)80(70(64)47-71(65)81)53-42-39-48(40-43-53)50-41-44-58-56-29-11-10-27-54(56)55-28-12-13-30-57(55)63(58)45-50/h1-47H. The summed E-state index contributed by atoms with van der Waals surface area (Å²) in [5.41, 5.74) is 16.1. The molecule has 3 aromatic heterocycles. The molecule has 0 radical (unpaired) electrons. The third kappa shape index (κ3) is 6.64. The molecule has 16 aromatic rings. The number of aromatic nitrogens is 5. The monoisotopic (exact) mass is 1030 g/mol. The van der Waals surface area contributed by atoms with E-state index in [2.05, 4.69) is 288 Å². The molecule has 0 saturated heterocycles. The van der Waals surface area contributed by atoms with Crippen molar-refractivity contribution in [2.75, 3.05) is 0 Å². The molecule has 0 atom stereocenters. The summed E-state index contributed by atoms with van der Waals surface area (Å²) in [6, 6.07) is 104. The van der Waals surface area contributed by atoms with Gasteiger partial charge >= 0.3 is 0 Å². The Morgan fingerprint density at radius 3 is 1.40 bits per heavy atom. The van der Waals surface area contributed by atoms with Gasteiger partial charge in [0.2, 0.25) is 5.95 Å². The number of para-hydroxylation sites is 2. The molecule has 0 saturated carbocycles. The first kappa shape index (κ1) is 45.3. The highest BCUT2D eigenvalue weighted by atomic mass is 15.2. The number of hydrogen-bond donors (Lipinski definition) is 0. The van der Waals surface area contributed by atoms with Gasteiger partial charge in [-0.2, -0.15) is 9.97 Å². The summed E-state index contributed by atoms with van der Waals surface area (Å²) in [6.07, 6.45) is 0. The normalized spacial score (nSPS) is 12.8. The van der Waals surface area contributed by atoms with Gasteiger partial charge in [0, 0.05) is 38.4 Å². The summed E-state index contributed by atoms with van der Waals surface area (Å²) in [5, 5.41) is 12.3. The summed E-state index contributed by atoms with van der Waals surface area (Å²) in [4.78, 5) is 16.6. The minimum Gasteiger partial charge on any atom is -0.309 e. The third-order valence-electron chi connectivity index (χ3n) is 17.2. The molecule has 0 aliphatic heterocycles. The number of benzene rings is 13. The van der Waals surface area contributed by atoms with Gasteiger partial charge in [0.25, 0.3) is 0 Å². The van der Waals surface area contributed by atoms with E-state index < -0.39 is 5.41 Å². The smallest absolute Gasteiger partial charge is 0.238 e. The zero-order valence-electron chi connectivity index (χ0n) is 43.9. The Kier molecular flexibility index (Phi) is 9.86. The highest BCUT2D eigenvalue weighted by Crippen LogP contribution is 2.58. The van der Waals surface area contributed by atoms with Crippen LogP contribution in [0.4, 0.5) is 0 Å². The SMILES string of the molecule is c1ccc(-c2nc(-c3cccc4c3-c3ccccc3C4(c3ccccc3)c3ccccc3)nc(-n3c4ccccc4c4cc5c6ccccc6n(-c6ccc(-c7ccc8c9ccccc9c9ccccc9c8c7)cc6)c5cc43)n2)cc1. The average molecular weight is 1030 g/mol. The van der Waals surface area contributed by atoms with Crippen LogP contribution >= 0.6 is 0 Å². The summed E-state index contributed by atoms with van der Waals surface area (Å²) < 4.78 is 4.68. The lowest BCUT2D eigenvalue weighted by Gasteiger charge is -2.33. The van der Waals surface area contributed by atoms with Gasteiger partial charge in [0.15, 0.2) is 11.6 Å². The molecule has 1 aliphatic rings. The number of nitrogens with zero attached hydrogens (tertiary/aromatic N) is 5. The molecule has 1 aliphatic carbocycles. The van der Waals surface area contributed by atoms with E-state index in [0.717, 1.165) is 55.2 Å². The predicted molar refractivity (Wildman–Crippen MR) is 335 cm³/mol. The molecular formula is C76H47N5. The van der Waals surface area contributed by atoms with Crippen LogP contribution in [0.2, 0.25) is 0 Å². The summed E-state index contributed by atoms with van der Waals surface area (Å²) in [7, 11) is 0. The Morgan fingerprint density at radius 1 is 0.259 bits per heavy atom. The lowest BCUT2D eigenvalue weighted by Crippen LogP contribution is -2.28. The Labute approximate surface area is 467 Å². The van der Waals surface area contributed by atoms with Crippen molar-refractivity contribution in [3.8, 4) is 56.7 Å². The van der Waals surface area contributed by atoms with Gasteiger partial charge in [-0.15, -0.1) is 0 Å². The highest BCUT2D eigenvalue weighted by molar-refractivity contribution is 6.26. The molecule has 5 heteroatoms. The second-order valence-electron chi connectivity index (χ2n) is 21.4. The van der Waals surface area contributed by atoms with Crippen LogP contribution in [-0.2, 0) is 5.41 Å². The van der Waals surface area contributed by atoms with E-state index in [-0.39, 0.29) is 0 Å². The van der Waals surface area contributed by atoms with Crippen molar-refractivity contribution < 1.29 is 0 Å². The Balaban J connectivity index is 0.872. The molecule has 81 heavy (non-hydrogen) atoms. The molecule has 5 nitrogen and oxygen atoms in total. The van der Waals surface area contributed by atoms with Crippen molar-refractivity contribution in [1.82, 2.24) is 24.1 Å². The van der Waals surface area contributed by atoms with Crippen LogP contribution in [0.25, 0.3) is 133 Å². The van der Waals surface area contributed by atoms with E-state index >= 15 is 0 Å². The second kappa shape index (κ2) is 17.6. The van der Waals surface area contributed by atoms with Crippen LogP contribution in [-0.4, -0.2) is 24.1 Å². The number of rotatable bonds is 7. The lowest BCUT2D eigenvalue weighted by molar-refractivity contribution is 0.768. The predicted octanol–water partition coefficient (Wildman–Crippen LogP) is 18.9. The fourth-order valence-corrected chi connectivity index (χ4v) is 13.8. The van der Waals surface area contributed by atoms with E-state index in [0.29, 0.717) is 17.6 Å². The summed E-state index contributed by atoms with van der Waals surface area (Å²) >= 11 is 0. The Morgan fingerprint density at radius 2 is 0.741 bits per heavy atom. The molecule has 0 bridgehead atoms. The van der Waals surface area contributed by atoms with Gasteiger partial charge in [0.05, 0.1) is 27.5 Å². The van der Waals surface area contributed by atoms with Crippen LogP contribution in [0, 0.1) is 0 Å². The Bertz CT molecular complexity index is 5140. The fourth-order valence-electron chi connectivity index (χ4n) is 13.8. The zero-order valence-corrected chi connectivity index (χ0v) is 43.9. The van der Waals surface area contributed by atoms with Crippen LogP contribution in [0.1, 0.15) is 22.3 Å². The summed E-state index contributed by atoms with van der Waals surface area (Å²) in [6.45, 7) is 0.